The largest absolute Gasteiger partial charge is 0.472 e. The van der Waals surface area contributed by atoms with E-state index in [1.807, 2.05) is 21.1 Å². The number of allylic oxidation sites excluding steroid dienone is 18. The second-order valence-electron chi connectivity index (χ2n) is 26.3. The van der Waals surface area contributed by atoms with Gasteiger partial charge in [-0.3, -0.25) is 18.6 Å². The third-order valence-corrected chi connectivity index (χ3v) is 17.3. The molecule has 0 bridgehead atoms. The normalized spacial score (nSPS) is 13.7. The minimum absolute atomic E-state index is 0.0302. The zero-order valence-electron chi connectivity index (χ0n) is 59.4. The zero-order valence-corrected chi connectivity index (χ0v) is 60.2. The Bertz CT molecular complexity index is 1890. The van der Waals surface area contributed by atoms with Crippen molar-refractivity contribution in [1.29, 1.82) is 0 Å². The molecule has 10 heteroatoms. The first-order chi connectivity index (χ1) is 44.0. The van der Waals surface area contributed by atoms with Crippen LogP contribution in [0.5, 0.6) is 0 Å². The maximum absolute atomic E-state index is 12.9. The zero-order chi connectivity index (χ0) is 65.5. The van der Waals surface area contributed by atoms with Gasteiger partial charge in [0.15, 0.2) is 6.10 Å². The van der Waals surface area contributed by atoms with Crippen LogP contribution in [0.25, 0.3) is 0 Å². The highest BCUT2D eigenvalue weighted by atomic mass is 31.2. The summed E-state index contributed by atoms with van der Waals surface area (Å²) in [4.78, 5) is 35.9. The van der Waals surface area contributed by atoms with Gasteiger partial charge in [0.1, 0.15) is 19.8 Å². The van der Waals surface area contributed by atoms with Gasteiger partial charge in [-0.25, -0.2) is 4.57 Å². The molecule has 0 saturated heterocycles. The molecular weight excluding hydrogens is 1130 g/mol. The smallest absolute Gasteiger partial charge is 0.462 e. The van der Waals surface area contributed by atoms with Crippen LogP contribution in [0.4, 0.5) is 0 Å². The lowest BCUT2D eigenvalue weighted by atomic mass is 10.0. The van der Waals surface area contributed by atoms with Crippen molar-refractivity contribution in [3.63, 3.8) is 0 Å². The van der Waals surface area contributed by atoms with Crippen molar-refractivity contribution in [2.45, 2.75) is 341 Å². The van der Waals surface area contributed by atoms with Crippen molar-refractivity contribution in [2.24, 2.45) is 0 Å². The van der Waals surface area contributed by atoms with E-state index >= 15 is 0 Å². The average molecular weight is 1280 g/mol. The SMILES string of the molecule is CC/C=C\C/C=C\C/C=C\C/C=C\C/C=C\C/C=C\C/C=C\CCCCCCCCCCCCCCCCCCCCCC(=O)OC(COC(=O)CCCCCCCCCCCCCCC/C=C\C/C=C\CCCCCCC)COP(=O)(O)OCC[N+](C)(C)C. The van der Waals surface area contributed by atoms with Crippen LogP contribution in [0.3, 0.4) is 0 Å². The average Bonchev–Trinajstić information content (AvgIpc) is 3.62. The van der Waals surface area contributed by atoms with E-state index < -0.39 is 26.5 Å². The van der Waals surface area contributed by atoms with E-state index in [-0.39, 0.29) is 32.0 Å². The maximum Gasteiger partial charge on any atom is 0.472 e. The van der Waals surface area contributed by atoms with E-state index in [0.29, 0.717) is 17.4 Å². The van der Waals surface area contributed by atoms with Crippen molar-refractivity contribution >= 4 is 19.8 Å². The molecule has 0 rings (SSSR count). The summed E-state index contributed by atoms with van der Waals surface area (Å²) < 4.78 is 34.8. The summed E-state index contributed by atoms with van der Waals surface area (Å²) in [5, 5.41) is 0. The van der Waals surface area contributed by atoms with E-state index in [1.165, 1.54) is 218 Å². The predicted octanol–water partition coefficient (Wildman–Crippen LogP) is 24.8. The van der Waals surface area contributed by atoms with Crippen LogP contribution in [0.15, 0.2) is 109 Å². The summed E-state index contributed by atoms with van der Waals surface area (Å²) in [6, 6.07) is 0. The molecule has 0 aromatic heterocycles. The summed E-state index contributed by atoms with van der Waals surface area (Å²) in [5.74, 6) is -0.787. The van der Waals surface area contributed by atoms with E-state index in [1.54, 1.807) is 0 Å². The Morgan fingerprint density at radius 2 is 0.633 bits per heavy atom. The van der Waals surface area contributed by atoms with Crippen LogP contribution in [-0.2, 0) is 32.7 Å². The summed E-state index contributed by atoms with van der Waals surface area (Å²) in [6.07, 6.45) is 99.2. The third-order valence-electron chi connectivity index (χ3n) is 16.3. The van der Waals surface area contributed by atoms with Gasteiger partial charge in [0, 0.05) is 12.8 Å². The molecule has 0 aromatic carbocycles. The molecule has 520 valence electrons. The summed E-state index contributed by atoms with van der Waals surface area (Å²) in [7, 11) is 1.48. The maximum atomic E-state index is 12.9. The van der Waals surface area contributed by atoms with E-state index in [2.05, 4.69) is 123 Å². The first-order valence-corrected chi connectivity index (χ1v) is 39.1. The second kappa shape index (κ2) is 70.0. The number of hydrogen-bond donors (Lipinski definition) is 1. The van der Waals surface area contributed by atoms with Gasteiger partial charge in [-0.2, -0.15) is 0 Å². The number of quaternary nitrogens is 1. The van der Waals surface area contributed by atoms with E-state index in [9.17, 15) is 19.0 Å². The number of carbonyl (C=O) groups is 2. The van der Waals surface area contributed by atoms with Crippen LogP contribution < -0.4 is 0 Å². The van der Waals surface area contributed by atoms with E-state index in [4.69, 9.17) is 18.5 Å². The number of unbranched alkanes of at least 4 members (excludes halogenated alkanes) is 37. The molecule has 1 N–H and O–H groups in total. The standard InChI is InChI=1S/C80H142NO8P/c1-6-8-10-12-14-16-18-20-22-24-26-28-30-32-33-34-35-36-37-38-39-40-41-42-43-44-45-46-47-49-51-53-55-57-59-61-63-65-67-69-71-73-80(83)89-78(77-88-90(84,85)87-75-74-81(3,4)5)76-86-79(82)72-70-68-66-64-62-60-58-56-54-52-50-48-31-29-27-25-23-21-19-17-15-13-11-9-7-2/h8,10,14,16,19-22,25-28,32-33,35-36,38-39,78H,6-7,9,11-13,15,17-18,23-24,29-31,34,37,40-77H2,1-5H3/p+1/b10-8-,16-14-,21-19-,22-20-,27-25-,28-26-,33-32-,36-35-,39-38-. The monoisotopic (exact) mass is 1280 g/mol. The number of phosphoric ester groups is 1. The molecule has 0 aromatic rings. The van der Waals surface area contributed by atoms with Gasteiger partial charge in [0.25, 0.3) is 0 Å². The van der Waals surface area contributed by atoms with Gasteiger partial charge in [0.05, 0.1) is 27.7 Å². The van der Waals surface area contributed by atoms with Gasteiger partial charge in [-0.15, -0.1) is 0 Å². The molecular formula is C80H143NO8P+. The summed E-state index contributed by atoms with van der Waals surface area (Å²) >= 11 is 0. The molecule has 0 heterocycles. The van der Waals surface area contributed by atoms with Crippen LogP contribution in [-0.4, -0.2) is 74.9 Å². The Kier molecular flexibility index (Phi) is 67.4. The van der Waals surface area contributed by atoms with Crippen molar-refractivity contribution < 1.29 is 42.1 Å². The molecule has 2 atom stereocenters. The van der Waals surface area contributed by atoms with Crippen molar-refractivity contribution in [1.82, 2.24) is 0 Å². The Morgan fingerprint density at radius 1 is 0.356 bits per heavy atom. The topological polar surface area (TPSA) is 108 Å². The first-order valence-electron chi connectivity index (χ1n) is 37.6. The Hall–Kier alpha value is -3.33. The Balaban J connectivity index is 3.97. The third kappa shape index (κ3) is 73.7. The van der Waals surface area contributed by atoms with Gasteiger partial charge < -0.3 is 18.9 Å². The van der Waals surface area contributed by atoms with Crippen LogP contribution in [0.2, 0.25) is 0 Å². The number of hydrogen-bond acceptors (Lipinski definition) is 7. The summed E-state index contributed by atoms with van der Waals surface area (Å²) in [6.45, 7) is 4.35. The molecule has 0 saturated carbocycles. The molecule has 0 aliphatic carbocycles. The lowest BCUT2D eigenvalue weighted by molar-refractivity contribution is -0.870. The number of rotatable bonds is 69. The van der Waals surface area contributed by atoms with Crippen LogP contribution in [0.1, 0.15) is 335 Å². The summed E-state index contributed by atoms with van der Waals surface area (Å²) in [5.41, 5.74) is 0. The Morgan fingerprint density at radius 3 is 0.944 bits per heavy atom. The molecule has 0 aliphatic heterocycles. The number of nitrogens with zero attached hydrogens (tertiary/aromatic N) is 1. The fourth-order valence-corrected chi connectivity index (χ4v) is 11.3. The fraction of sp³-hybridized carbons (Fsp3) is 0.750. The molecule has 0 aliphatic rings. The van der Waals surface area contributed by atoms with Gasteiger partial charge in [-0.05, 0) is 103 Å². The van der Waals surface area contributed by atoms with Gasteiger partial charge in [0.2, 0.25) is 0 Å². The lowest BCUT2D eigenvalue weighted by Crippen LogP contribution is -2.37. The quantitative estimate of drug-likeness (QED) is 0.0211. The molecule has 0 amide bonds. The van der Waals surface area contributed by atoms with Gasteiger partial charge in [-0.1, -0.05) is 329 Å². The van der Waals surface area contributed by atoms with Crippen molar-refractivity contribution in [3.8, 4) is 0 Å². The molecule has 9 nitrogen and oxygen atoms in total. The highest BCUT2D eigenvalue weighted by molar-refractivity contribution is 7.47. The number of likely N-dealkylation sites (N-methyl/N-ethyl adjacent to an activating group) is 1. The number of ether oxygens (including phenoxy) is 2. The van der Waals surface area contributed by atoms with Crippen molar-refractivity contribution in [2.75, 3.05) is 47.5 Å². The minimum Gasteiger partial charge on any atom is -0.462 e. The fourth-order valence-electron chi connectivity index (χ4n) is 10.6. The number of phosphoric acid groups is 1. The number of esters is 2. The highest BCUT2D eigenvalue weighted by Crippen LogP contribution is 2.43. The van der Waals surface area contributed by atoms with Crippen LogP contribution >= 0.6 is 7.82 Å². The molecule has 90 heavy (non-hydrogen) atoms. The predicted molar refractivity (Wildman–Crippen MR) is 390 cm³/mol. The lowest BCUT2D eigenvalue weighted by Gasteiger charge is -2.24. The van der Waals surface area contributed by atoms with Crippen molar-refractivity contribution in [3.05, 3.63) is 109 Å². The molecule has 0 fully saturated rings. The van der Waals surface area contributed by atoms with Gasteiger partial charge >= 0.3 is 19.8 Å². The highest BCUT2D eigenvalue weighted by Gasteiger charge is 2.27. The second-order valence-corrected chi connectivity index (χ2v) is 27.8. The number of carbonyl (C=O) groups excluding carboxylic acids is 2. The molecule has 0 radical (unpaired) electrons. The molecule has 2 unspecified atom stereocenters. The van der Waals surface area contributed by atoms with Crippen LogP contribution in [0, 0.1) is 0 Å². The minimum atomic E-state index is -4.40. The molecule has 0 spiro atoms. The Labute approximate surface area is 556 Å². The van der Waals surface area contributed by atoms with E-state index in [0.717, 1.165) is 83.5 Å². The first kappa shape index (κ1) is 86.7.